The van der Waals surface area contributed by atoms with Gasteiger partial charge in [0.25, 0.3) is 5.91 Å². The van der Waals surface area contributed by atoms with Crippen molar-refractivity contribution in [3.63, 3.8) is 0 Å². The van der Waals surface area contributed by atoms with Crippen molar-refractivity contribution in [2.24, 2.45) is 5.73 Å². The van der Waals surface area contributed by atoms with E-state index >= 15 is 0 Å². The highest BCUT2D eigenvalue weighted by Crippen LogP contribution is 2.31. The number of amides is 1. The van der Waals surface area contributed by atoms with Crippen molar-refractivity contribution < 1.29 is 13.2 Å². The van der Waals surface area contributed by atoms with Gasteiger partial charge in [-0.3, -0.25) is 9.78 Å². The monoisotopic (exact) mass is 327 g/mol. The van der Waals surface area contributed by atoms with Crippen molar-refractivity contribution in [1.82, 2.24) is 9.97 Å². The van der Waals surface area contributed by atoms with Gasteiger partial charge in [0.05, 0.1) is 10.4 Å². The molecule has 0 unspecified atom stereocenters. The van der Waals surface area contributed by atoms with Gasteiger partial charge in [0.1, 0.15) is 5.69 Å². The van der Waals surface area contributed by atoms with E-state index in [9.17, 15) is 13.2 Å². The maximum atomic E-state index is 12.0. The number of sulfone groups is 1. The fourth-order valence-corrected chi connectivity index (χ4v) is 3.29. The zero-order chi connectivity index (χ0) is 16.6. The van der Waals surface area contributed by atoms with Gasteiger partial charge in [-0.25, -0.2) is 13.4 Å². The number of aromatic nitrogens is 2. The number of fused-ring (bicyclic) bond motifs is 1. The third kappa shape index (κ3) is 2.78. The van der Waals surface area contributed by atoms with E-state index in [1.54, 1.807) is 30.5 Å². The summed E-state index contributed by atoms with van der Waals surface area (Å²) in [7, 11) is -3.42. The topological polar surface area (TPSA) is 103 Å². The highest BCUT2D eigenvalue weighted by Gasteiger charge is 2.17. The van der Waals surface area contributed by atoms with Crippen LogP contribution < -0.4 is 5.73 Å². The molecule has 116 valence electrons. The Bertz CT molecular complexity index is 1030. The van der Waals surface area contributed by atoms with Crippen LogP contribution in [0.15, 0.2) is 53.7 Å². The molecule has 0 saturated heterocycles. The number of nitrogens with zero attached hydrogens (tertiary/aromatic N) is 2. The predicted octanol–water partition coefficient (Wildman–Crippen LogP) is 1.80. The first-order chi connectivity index (χ1) is 10.9. The fourth-order valence-electron chi connectivity index (χ4n) is 2.39. The summed E-state index contributed by atoms with van der Waals surface area (Å²) in [5.41, 5.74) is 6.89. The molecule has 2 N–H and O–H groups in total. The summed E-state index contributed by atoms with van der Waals surface area (Å²) >= 11 is 0. The van der Waals surface area contributed by atoms with Crippen LogP contribution in [-0.2, 0) is 9.84 Å². The van der Waals surface area contributed by atoms with E-state index in [-0.39, 0.29) is 10.6 Å². The van der Waals surface area contributed by atoms with Crippen LogP contribution in [0.5, 0.6) is 0 Å². The van der Waals surface area contributed by atoms with E-state index in [4.69, 9.17) is 5.73 Å². The van der Waals surface area contributed by atoms with Crippen LogP contribution in [0.1, 0.15) is 10.5 Å². The molecule has 0 spiro atoms. The minimum Gasteiger partial charge on any atom is -0.364 e. The minimum atomic E-state index is -3.42. The summed E-state index contributed by atoms with van der Waals surface area (Å²) in [5, 5.41) is 0.691. The van der Waals surface area contributed by atoms with Crippen molar-refractivity contribution >= 4 is 26.6 Å². The Kier molecular flexibility index (Phi) is 3.57. The van der Waals surface area contributed by atoms with Crippen LogP contribution in [0.2, 0.25) is 0 Å². The van der Waals surface area contributed by atoms with Crippen molar-refractivity contribution in [1.29, 1.82) is 0 Å². The van der Waals surface area contributed by atoms with Gasteiger partial charge in [0.2, 0.25) is 0 Å². The van der Waals surface area contributed by atoms with Gasteiger partial charge >= 0.3 is 0 Å². The van der Waals surface area contributed by atoms with Gasteiger partial charge in [0.15, 0.2) is 9.84 Å². The Balaban J connectivity index is 2.38. The third-order valence-electron chi connectivity index (χ3n) is 3.43. The molecule has 2 heterocycles. The number of hydrogen-bond donors (Lipinski definition) is 1. The predicted molar refractivity (Wildman–Crippen MR) is 86.6 cm³/mol. The highest BCUT2D eigenvalue weighted by atomic mass is 32.2. The molecule has 0 bridgehead atoms. The number of hydrogen-bond acceptors (Lipinski definition) is 5. The number of primary amides is 1. The first-order valence-electron chi connectivity index (χ1n) is 6.72. The Morgan fingerprint density at radius 1 is 1.04 bits per heavy atom. The summed E-state index contributed by atoms with van der Waals surface area (Å²) in [6.45, 7) is 0. The zero-order valence-corrected chi connectivity index (χ0v) is 13.0. The number of carbonyl (C=O) groups is 1. The van der Waals surface area contributed by atoms with E-state index in [2.05, 4.69) is 9.97 Å². The maximum absolute atomic E-state index is 12.0. The van der Waals surface area contributed by atoms with Crippen LogP contribution >= 0.6 is 0 Å². The molecule has 0 saturated carbocycles. The lowest BCUT2D eigenvalue weighted by Gasteiger charge is -2.10. The molecule has 0 aliphatic rings. The summed E-state index contributed by atoms with van der Waals surface area (Å²) < 4.78 is 24.0. The van der Waals surface area contributed by atoms with Gasteiger partial charge in [-0.2, -0.15) is 0 Å². The molecule has 7 heteroatoms. The van der Waals surface area contributed by atoms with Crippen molar-refractivity contribution in [3.8, 4) is 11.1 Å². The quantitative estimate of drug-likeness (QED) is 0.790. The summed E-state index contributed by atoms with van der Waals surface area (Å²) in [6.07, 6.45) is 4.27. The molecule has 1 amide bonds. The third-order valence-corrected chi connectivity index (χ3v) is 4.58. The van der Waals surface area contributed by atoms with Gasteiger partial charge < -0.3 is 5.73 Å². The van der Waals surface area contributed by atoms with Gasteiger partial charge in [-0.05, 0) is 18.2 Å². The van der Waals surface area contributed by atoms with Crippen molar-refractivity contribution in [2.75, 3.05) is 6.26 Å². The van der Waals surface area contributed by atoms with E-state index in [1.165, 1.54) is 18.3 Å². The lowest BCUT2D eigenvalue weighted by molar-refractivity contribution is 0.0996. The first-order valence-corrected chi connectivity index (χ1v) is 8.61. The van der Waals surface area contributed by atoms with E-state index in [1.807, 2.05) is 0 Å². The number of rotatable bonds is 3. The maximum Gasteiger partial charge on any atom is 0.267 e. The second-order valence-electron chi connectivity index (χ2n) is 5.09. The minimum absolute atomic E-state index is 0.113. The lowest BCUT2D eigenvalue weighted by atomic mass is 10.0. The van der Waals surface area contributed by atoms with Crippen LogP contribution in [0.4, 0.5) is 0 Å². The van der Waals surface area contributed by atoms with Gasteiger partial charge in [-0.15, -0.1) is 0 Å². The van der Waals surface area contributed by atoms with Crippen LogP contribution in [0.25, 0.3) is 22.0 Å². The summed E-state index contributed by atoms with van der Waals surface area (Å²) in [4.78, 5) is 19.9. The highest BCUT2D eigenvalue weighted by molar-refractivity contribution is 7.90. The molecule has 2 aromatic heterocycles. The molecule has 0 aliphatic carbocycles. The Labute approximate surface area is 132 Å². The average Bonchev–Trinajstić information content (AvgIpc) is 2.53. The average molecular weight is 327 g/mol. The largest absolute Gasteiger partial charge is 0.364 e. The second kappa shape index (κ2) is 5.44. The zero-order valence-electron chi connectivity index (χ0n) is 12.2. The van der Waals surface area contributed by atoms with E-state index in [0.717, 1.165) is 6.26 Å². The summed E-state index contributed by atoms with van der Waals surface area (Å²) in [6, 6.07) is 9.80. The number of pyridine rings is 2. The molecular weight excluding hydrogens is 314 g/mol. The fraction of sp³-hybridized carbons (Fsp3) is 0.0625. The number of carbonyl (C=O) groups excluding carboxylic acids is 1. The molecule has 3 rings (SSSR count). The SMILES string of the molecule is CS(=O)(=O)c1ccccc1-c1cncc2ccc(C(N)=O)nc12. The molecule has 0 atom stereocenters. The normalized spacial score (nSPS) is 11.5. The molecule has 0 aliphatic heterocycles. The lowest BCUT2D eigenvalue weighted by Crippen LogP contribution is -2.13. The van der Waals surface area contributed by atoms with Crippen LogP contribution in [0.3, 0.4) is 0 Å². The Morgan fingerprint density at radius 2 is 1.78 bits per heavy atom. The molecule has 3 aromatic rings. The number of benzene rings is 1. The number of nitrogens with two attached hydrogens (primary N) is 1. The van der Waals surface area contributed by atoms with Gasteiger partial charge in [0, 0.05) is 35.2 Å². The Morgan fingerprint density at radius 3 is 2.48 bits per heavy atom. The molecule has 23 heavy (non-hydrogen) atoms. The van der Waals surface area contributed by atoms with Crippen LogP contribution in [-0.4, -0.2) is 30.5 Å². The molecule has 6 nitrogen and oxygen atoms in total. The van der Waals surface area contributed by atoms with Crippen molar-refractivity contribution in [3.05, 3.63) is 54.5 Å². The van der Waals surface area contributed by atoms with E-state index < -0.39 is 15.7 Å². The molecule has 0 fully saturated rings. The van der Waals surface area contributed by atoms with E-state index in [0.29, 0.717) is 22.0 Å². The van der Waals surface area contributed by atoms with Crippen molar-refractivity contribution in [2.45, 2.75) is 4.90 Å². The van der Waals surface area contributed by atoms with Gasteiger partial charge in [-0.1, -0.05) is 18.2 Å². The molecule has 0 radical (unpaired) electrons. The standard InChI is InChI=1S/C16H13N3O3S/c1-23(21,22)14-5-3-2-4-11(14)12-9-18-8-10-6-7-13(16(17)20)19-15(10)12/h2-9H,1H3,(H2,17,20). The second-order valence-corrected chi connectivity index (χ2v) is 7.07. The first kappa shape index (κ1) is 15.1. The summed E-state index contributed by atoms with van der Waals surface area (Å²) in [5.74, 6) is -0.647. The molecular formula is C16H13N3O3S. The molecule has 1 aromatic carbocycles. The van der Waals surface area contributed by atoms with Crippen LogP contribution in [0, 0.1) is 0 Å². The Hall–Kier alpha value is -2.80. The smallest absolute Gasteiger partial charge is 0.267 e.